The summed E-state index contributed by atoms with van der Waals surface area (Å²) in [6.07, 6.45) is 1.46. The third-order valence-electron chi connectivity index (χ3n) is 2.04. The Balaban J connectivity index is 2.24. The Morgan fingerprint density at radius 3 is 2.78 bits per heavy atom. The molecular formula is C11H6BrCl2N3O. The van der Waals surface area contributed by atoms with E-state index < -0.39 is 0 Å². The van der Waals surface area contributed by atoms with Gasteiger partial charge in [0, 0.05) is 15.7 Å². The number of rotatable bonds is 2. The predicted octanol–water partition coefficient (Wildman–Crippen LogP) is 3.80. The topological polar surface area (TPSA) is 54.9 Å². The van der Waals surface area contributed by atoms with Crippen LogP contribution in [0.1, 0.15) is 10.4 Å². The Bertz CT molecular complexity index is 607. The molecule has 2 aromatic rings. The van der Waals surface area contributed by atoms with Gasteiger partial charge >= 0.3 is 0 Å². The summed E-state index contributed by atoms with van der Waals surface area (Å²) in [5, 5.41) is 3.15. The molecule has 1 amide bonds. The summed E-state index contributed by atoms with van der Waals surface area (Å²) in [7, 11) is 0. The summed E-state index contributed by atoms with van der Waals surface area (Å²) < 4.78 is 0.643. The second-order valence-electron chi connectivity index (χ2n) is 3.29. The molecule has 0 fully saturated rings. The fourth-order valence-electron chi connectivity index (χ4n) is 1.26. The number of hydrogen-bond donors (Lipinski definition) is 1. The molecule has 0 saturated heterocycles. The molecule has 18 heavy (non-hydrogen) atoms. The minimum absolute atomic E-state index is 0.0676. The number of carbonyl (C=O) groups excluding carboxylic acids is 1. The van der Waals surface area contributed by atoms with Gasteiger partial charge in [0.05, 0.1) is 5.56 Å². The number of nitrogens with one attached hydrogen (secondary N) is 1. The molecule has 7 heteroatoms. The van der Waals surface area contributed by atoms with Gasteiger partial charge in [-0.25, -0.2) is 9.97 Å². The number of aromatic nitrogens is 2. The van der Waals surface area contributed by atoms with Crippen LogP contribution in [-0.2, 0) is 0 Å². The fourth-order valence-corrected chi connectivity index (χ4v) is 2.01. The molecule has 0 radical (unpaired) electrons. The molecule has 4 nitrogen and oxygen atoms in total. The fraction of sp³-hybridized carbons (Fsp3) is 0. The Kier molecular flexibility index (Phi) is 4.16. The van der Waals surface area contributed by atoms with E-state index in [4.69, 9.17) is 23.2 Å². The second-order valence-corrected chi connectivity index (χ2v) is 4.92. The maximum atomic E-state index is 12.0. The summed E-state index contributed by atoms with van der Waals surface area (Å²) in [5.74, 6) is -0.00832. The number of benzene rings is 1. The van der Waals surface area contributed by atoms with E-state index in [-0.39, 0.29) is 11.2 Å². The van der Waals surface area contributed by atoms with Gasteiger partial charge in [0.15, 0.2) is 0 Å². The lowest BCUT2D eigenvalue weighted by Crippen LogP contribution is -2.13. The summed E-state index contributed by atoms with van der Waals surface area (Å²) in [5.41, 5.74) is 0.414. The van der Waals surface area contributed by atoms with E-state index in [2.05, 4.69) is 31.2 Å². The van der Waals surface area contributed by atoms with Crippen LogP contribution >= 0.6 is 39.1 Å². The van der Waals surface area contributed by atoms with E-state index in [9.17, 15) is 4.79 Å². The Hall–Kier alpha value is -1.17. The molecular weight excluding hydrogens is 341 g/mol. The van der Waals surface area contributed by atoms with Gasteiger partial charge < -0.3 is 5.32 Å². The lowest BCUT2D eigenvalue weighted by atomic mass is 10.2. The monoisotopic (exact) mass is 345 g/mol. The van der Waals surface area contributed by atoms with Gasteiger partial charge in [-0.15, -0.1) is 0 Å². The second kappa shape index (κ2) is 5.65. The van der Waals surface area contributed by atoms with Crippen LogP contribution in [0.5, 0.6) is 0 Å². The Morgan fingerprint density at radius 2 is 2.06 bits per heavy atom. The first-order valence-corrected chi connectivity index (χ1v) is 6.36. The zero-order valence-corrected chi connectivity index (χ0v) is 11.9. The molecule has 0 unspecified atom stereocenters. The van der Waals surface area contributed by atoms with Crippen molar-refractivity contribution in [3.8, 4) is 0 Å². The SMILES string of the molecule is O=C(Nc1ccnc(Cl)n1)c1cc(Cl)ccc1Br. The van der Waals surface area contributed by atoms with Crippen molar-refractivity contribution in [2.24, 2.45) is 0 Å². The van der Waals surface area contributed by atoms with Crippen molar-refractivity contribution in [2.75, 3.05) is 5.32 Å². The van der Waals surface area contributed by atoms with Crippen molar-refractivity contribution in [3.63, 3.8) is 0 Å². The van der Waals surface area contributed by atoms with Crippen LogP contribution < -0.4 is 5.32 Å². The Labute approximate surface area is 121 Å². The lowest BCUT2D eigenvalue weighted by Gasteiger charge is -2.06. The van der Waals surface area contributed by atoms with E-state index in [0.717, 1.165) is 0 Å². The van der Waals surface area contributed by atoms with Gasteiger partial charge in [-0.1, -0.05) is 11.6 Å². The zero-order valence-electron chi connectivity index (χ0n) is 8.82. The van der Waals surface area contributed by atoms with Gasteiger partial charge in [0.1, 0.15) is 5.82 Å². The summed E-state index contributed by atoms with van der Waals surface area (Å²) in [6.45, 7) is 0. The van der Waals surface area contributed by atoms with Crippen LogP contribution in [0.2, 0.25) is 10.3 Å². The molecule has 1 aromatic heterocycles. The van der Waals surface area contributed by atoms with E-state index in [1.807, 2.05) is 0 Å². The van der Waals surface area contributed by atoms with Crippen molar-refractivity contribution >= 4 is 50.9 Å². The molecule has 2 rings (SSSR count). The van der Waals surface area contributed by atoms with Crippen molar-refractivity contribution in [1.82, 2.24) is 9.97 Å². The highest BCUT2D eigenvalue weighted by molar-refractivity contribution is 9.10. The third-order valence-corrected chi connectivity index (χ3v) is 3.15. The first-order chi connectivity index (χ1) is 8.56. The number of carbonyl (C=O) groups is 1. The normalized spacial score (nSPS) is 10.2. The van der Waals surface area contributed by atoms with Crippen molar-refractivity contribution in [2.45, 2.75) is 0 Å². The molecule has 0 aliphatic carbocycles. The molecule has 0 spiro atoms. The van der Waals surface area contributed by atoms with Gasteiger partial charge in [0.25, 0.3) is 5.91 Å². The minimum Gasteiger partial charge on any atom is -0.306 e. The van der Waals surface area contributed by atoms with Gasteiger partial charge in [0.2, 0.25) is 5.28 Å². The van der Waals surface area contributed by atoms with E-state index in [0.29, 0.717) is 20.9 Å². The number of halogens is 3. The zero-order chi connectivity index (χ0) is 13.1. The molecule has 1 heterocycles. The van der Waals surface area contributed by atoms with E-state index in [1.54, 1.807) is 24.3 Å². The number of hydrogen-bond acceptors (Lipinski definition) is 3. The summed E-state index contributed by atoms with van der Waals surface area (Å²) in [4.78, 5) is 19.6. The average Bonchev–Trinajstić information content (AvgIpc) is 2.32. The molecule has 92 valence electrons. The van der Waals surface area contributed by atoms with Crippen LogP contribution in [0.4, 0.5) is 5.82 Å². The van der Waals surface area contributed by atoms with Crippen LogP contribution in [0, 0.1) is 0 Å². The Morgan fingerprint density at radius 1 is 1.28 bits per heavy atom. The van der Waals surface area contributed by atoms with Gasteiger partial charge in [-0.2, -0.15) is 0 Å². The van der Waals surface area contributed by atoms with Gasteiger partial charge in [-0.05, 0) is 51.8 Å². The predicted molar refractivity (Wildman–Crippen MR) is 74.1 cm³/mol. The van der Waals surface area contributed by atoms with E-state index >= 15 is 0 Å². The van der Waals surface area contributed by atoms with Crippen molar-refractivity contribution in [3.05, 3.63) is 50.8 Å². The largest absolute Gasteiger partial charge is 0.306 e. The first kappa shape index (κ1) is 13.3. The smallest absolute Gasteiger partial charge is 0.258 e. The summed E-state index contributed by atoms with van der Waals surface area (Å²) in [6, 6.07) is 6.49. The molecule has 0 atom stereocenters. The van der Waals surface area contributed by atoms with E-state index in [1.165, 1.54) is 6.20 Å². The quantitative estimate of drug-likeness (QED) is 0.841. The van der Waals surface area contributed by atoms with Crippen LogP contribution in [0.3, 0.4) is 0 Å². The molecule has 0 aliphatic heterocycles. The number of amides is 1. The lowest BCUT2D eigenvalue weighted by molar-refractivity contribution is 0.102. The van der Waals surface area contributed by atoms with Crippen molar-refractivity contribution < 1.29 is 4.79 Å². The molecule has 0 bridgehead atoms. The standard InChI is InChI=1S/C11H6BrCl2N3O/c12-8-2-1-6(13)5-7(8)10(18)16-9-3-4-15-11(14)17-9/h1-5H,(H,15,16,17,18). The maximum absolute atomic E-state index is 12.0. The number of anilines is 1. The molecule has 1 aromatic carbocycles. The highest BCUT2D eigenvalue weighted by Crippen LogP contribution is 2.22. The van der Waals surface area contributed by atoms with Crippen molar-refractivity contribution in [1.29, 1.82) is 0 Å². The highest BCUT2D eigenvalue weighted by atomic mass is 79.9. The first-order valence-electron chi connectivity index (χ1n) is 4.81. The highest BCUT2D eigenvalue weighted by Gasteiger charge is 2.11. The minimum atomic E-state index is -0.334. The molecule has 0 aliphatic rings. The van der Waals surface area contributed by atoms with Crippen LogP contribution in [-0.4, -0.2) is 15.9 Å². The molecule has 0 saturated carbocycles. The van der Waals surface area contributed by atoms with Gasteiger partial charge in [-0.3, -0.25) is 4.79 Å². The van der Waals surface area contributed by atoms with Crippen LogP contribution in [0.15, 0.2) is 34.9 Å². The third kappa shape index (κ3) is 3.19. The summed E-state index contributed by atoms with van der Waals surface area (Å²) >= 11 is 14.7. The number of nitrogens with zero attached hydrogens (tertiary/aromatic N) is 2. The molecule has 1 N–H and O–H groups in total. The van der Waals surface area contributed by atoms with Crippen LogP contribution in [0.25, 0.3) is 0 Å². The average molecular weight is 347 g/mol. The maximum Gasteiger partial charge on any atom is 0.258 e.